The first-order chi connectivity index (χ1) is 10.3. The van der Waals surface area contributed by atoms with Gasteiger partial charge in [-0.15, -0.1) is 11.3 Å². The summed E-state index contributed by atoms with van der Waals surface area (Å²) in [6, 6.07) is 7.90. The Bertz CT molecular complexity index is 819. The Hall–Kier alpha value is -1.99. The molecule has 0 fully saturated rings. The summed E-state index contributed by atoms with van der Waals surface area (Å²) in [5.74, 6) is 1.85. The Kier molecular flexibility index (Phi) is 3.08. The number of fused-ring (bicyclic) bond motifs is 2. The summed E-state index contributed by atoms with van der Waals surface area (Å²) >= 11 is 3.11. The molecule has 0 unspecified atom stereocenters. The molecule has 1 aromatic carbocycles. The summed E-state index contributed by atoms with van der Waals surface area (Å²) in [7, 11) is 0. The zero-order chi connectivity index (χ0) is 14.2. The Labute approximate surface area is 129 Å². The Morgan fingerprint density at radius 3 is 2.86 bits per heavy atom. The van der Waals surface area contributed by atoms with Gasteiger partial charge in [0.25, 0.3) is 0 Å². The molecular weight excluding hydrogens is 306 g/mol. The number of benzene rings is 1. The topological polar surface area (TPSA) is 70.3 Å². The fraction of sp³-hybridized carbons (Fsp3) is 0.143. The summed E-state index contributed by atoms with van der Waals surface area (Å²) in [5.41, 5.74) is 5.77. The predicted molar refractivity (Wildman–Crippen MR) is 83.4 cm³/mol. The van der Waals surface area contributed by atoms with E-state index in [1.165, 1.54) is 0 Å². The average Bonchev–Trinajstić information content (AvgIpc) is 2.95. The van der Waals surface area contributed by atoms with Crippen molar-refractivity contribution in [3.63, 3.8) is 0 Å². The highest BCUT2D eigenvalue weighted by Crippen LogP contribution is 2.38. The summed E-state index contributed by atoms with van der Waals surface area (Å²) < 4.78 is 11.1. The molecule has 106 valence electrons. The third kappa shape index (κ3) is 2.38. The van der Waals surface area contributed by atoms with Gasteiger partial charge in [0.1, 0.15) is 23.1 Å². The van der Waals surface area contributed by atoms with Gasteiger partial charge in [-0.3, -0.25) is 0 Å². The molecule has 3 heterocycles. The molecule has 0 radical (unpaired) electrons. The van der Waals surface area contributed by atoms with Crippen LogP contribution in [0, 0.1) is 0 Å². The first kappa shape index (κ1) is 12.7. The van der Waals surface area contributed by atoms with Gasteiger partial charge in [-0.2, -0.15) is 0 Å². The Balaban J connectivity index is 1.72. The normalized spacial score (nSPS) is 13.5. The SMILES string of the molecule is Nc1nc(Sc2ccc3c(c2)OCCO3)c2ccsc2n1. The average molecular weight is 317 g/mol. The lowest BCUT2D eigenvalue weighted by Gasteiger charge is -2.18. The number of hydrogen-bond donors (Lipinski definition) is 1. The highest BCUT2D eigenvalue weighted by Gasteiger charge is 2.14. The number of aromatic nitrogens is 2. The van der Waals surface area contributed by atoms with Gasteiger partial charge >= 0.3 is 0 Å². The molecule has 0 amide bonds. The number of hydrogen-bond acceptors (Lipinski definition) is 7. The molecule has 2 aromatic heterocycles. The van der Waals surface area contributed by atoms with Crippen LogP contribution in [-0.2, 0) is 0 Å². The van der Waals surface area contributed by atoms with Gasteiger partial charge in [0.15, 0.2) is 11.5 Å². The van der Waals surface area contributed by atoms with Crippen LogP contribution < -0.4 is 15.2 Å². The van der Waals surface area contributed by atoms with Crippen LogP contribution in [-0.4, -0.2) is 23.2 Å². The van der Waals surface area contributed by atoms with Gasteiger partial charge in [0.05, 0.1) is 0 Å². The lowest BCUT2D eigenvalue weighted by atomic mass is 10.3. The van der Waals surface area contributed by atoms with Crippen molar-refractivity contribution >= 4 is 39.3 Å². The molecule has 7 heteroatoms. The van der Waals surface area contributed by atoms with Crippen molar-refractivity contribution in [1.82, 2.24) is 9.97 Å². The van der Waals surface area contributed by atoms with E-state index >= 15 is 0 Å². The molecular formula is C14H11N3O2S2. The molecule has 3 aromatic rings. The molecule has 1 aliphatic rings. The zero-order valence-electron chi connectivity index (χ0n) is 10.9. The molecule has 0 saturated heterocycles. The second-order valence-electron chi connectivity index (χ2n) is 4.43. The highest BCUT2D eigenvalue weighted by molar-refractivity contribution is 7.99. The van der Waals surface area contributed by atoms with Crippen molar-refractivity contribution < 1.29 is 9.47 Å². The summed E-state index contributed by atoms with van der Waals surface area (Å²) in [5, 5.41) is 3.87. The number of nitrogens with two attached hydrogens (primary N) is 1. The van der Waals surface area contributed by atoms with Gasteiger partial charge in [0, 0.05) is 10.3 Å². The molecule has 0 bridgehead atoms. The maximum Gasteiger partial charge on any atom is 0.222 e. The third-order valence-electron chi connectivity index (χ3n) is 3.04. The third-order valence-corrected chi connectivity index (χ3v) is 4.84. The van der Waals surface area contributed by atoms with Crippen molar-refractivity contribution in [2.24, 2.45) is 0 Å². The fourth-order valence-corrected chi connectivity index (χ4v) is 3.90. The first-order valence-corrected chi connectivity index (χ1v) is 8.07. The quantitative estimate of drug-likeness (QED) is 0.732. The predicted octanol–water partition coefficient (Wildman–Crippen LogP) is 3.20. The van der Waals surface area contributed by atoms with Crippen LogP contribution in [0.15, 0.2) is 39.6 Å². The lowest BCUT2D eigenvalue weighted by molar-refractivity contribution is 0.171. The monoisotopic (exact) mass is 317 g/mol. The van der Waals surface area contributed by atoms with Gasteiger partial charge < -0.3 is 15.2 Å². The first-order valence-electron chi connectivity index (χ1n) is 6.38. The molecule has 1 aliphatic heterocycles. The number of thiophene rings is 1. The van der Waals surface area contributed by atoms with Crippen LogP contribution in [0.1, 0.15) is 0 Å². The van der Waals surface area contributed by atoms with Crippen molar-refractivity contribution in [3.8, 4) is 11.5 Å². The van der Waals surface area contributed by atoms with E-state index in [0.717, 1.165) is 31.6 Å². The summed E-state index contributed by atoms with van der Waals surface area (Å²) in [4.78, 5) is 10.5. The standard InChI is InChI=1S/C14H11N3O2S2/c15-14-16-12-9(3-6-20-12)13(17-14)21-8-1-2-10-11(7-8)19-5-4-18-10/h1-3,6-7H,4-5H2,(H2,15,16,17). The van der Waals surface area contributed by atoms with E-state index in [1.807, 2.05) is 29.6 Å². The van der Waals surface area contributed by atoms with Crippen LogP contribution in [0.4, 0.5) is 5.95 Å². The largest absolute Gasteiger partial charge is 0.486 e. The second kappa shape index (κ2) is 5.09. The van der Waals surface area contributed by atoms with E-state index in [1.54, 1.807) is 23.1 Å². The van der Waals surface area contributed by atoms with Crippen molar-refractivity contribution in [3.05, 3.63) is 29.6 Å². The van der Waals surface area contributed by atoms with E-state index in [-0.39, 0.29) is 0 Å². The van der Waals surface area contributed by atoms with Crippen molar-refractivity contribution in [2.75, 3.05) is 18.9 Å². The molecule has 2 N–H and O–H groups in total. The van der Waals surface area contributed by atoms with Gasteiger partial charge in [0.2, 0.25) is 5.95 Å². The van der Waals surface area contributed by atoms with Gasteiger partial charge in [-0.1, -0.05) is 11.8 Å². The van der Waals surface area contributed by atoms with E-state index < -0.39 is 0 Å². The minimum absolute atomic E-state index is 0.296. The smallest absolute Gasteiger partial charge is 0.222 e. The van der Waals surface area contributed by atoms with Crippen molar-refractivity contribution in [1.29, 1.82) is 0 Å². The lowest BCUT2D eigenvalue weighted by Crippen LogP contribution is -2.15. The van der Waals surface area contributed by atoms with Crippen LogP contribution >= 0.6 is 23.1 Å². The molecule has 0 spiro atoms. The number of anilines is 1. The maximum absolute atomic E-state index is 5.77. The molecule has 4 rings (SSSR count). The number of nitrogens with zero attached hydrogens (tertiary/aromatic N) is 2. The minimum atomic E-state index is 0.296. The fourth-order valence-electron chi connectivity index (χ4n) is 2.12. The van der Waals surface area contributed by atoms with E-state index in [9.17, 15) is 0 Å². The molecule has 0 atom stereocenters. The Morgan fingerprint density at radius 2 is 1.95 bits per heavy atom. The number of rotatable bonds is 2. The van der Waals surface area contributed by atoms with Gasteiger partial charge in [-0.25, -0.2) is 9.97 Å². The highest BCUT2D eigenvalue weighted by atomic mass is 32.2. The number of nitrogen functional groups attached to an aromatic ring is 1. The summed E-state index contributed by atoms with van der Waals surface area (Å²) in [6.07, 6.45) is 0. The second-order valence-corrected chi connectivity index (χ2v) is 6.39. The van der Waals surface area contributed by atoms with Crippen LogP contribution in [0.3, 0.4) is 0 Å². The Morgan fingerprint density at radius 1 is 1.10 bits per heavy atom. The molecule has 21 heavy (non-hydrogen) atoms. The van der Waals surface area contributed by atoms with E-state index in [2.05, 4.69) is 9.97 Å². The maximum atomic E-state index is 5.77. The van der Waals surface area contributed by atoms with Crippen LogP contribution in [0.2, 0.25) is 0 Å². The molecule has 5 nitrogen and oxygen atoms in total. The minimum Gasteiger partial charge on any atom is -0.486 e. The number of ether oxygens (including phenoxy) is 2. The van der Waals surface area contributed by atoms with Crippen molar-refractivity contribution in [2.45, 2.75) is 9.92 Å². The summed E-state index contributed by atoms with van der Waals surface area (Å²) in [6.45, 7) is 1.17. The van der Waals surface area contributed by atoms with E-state index in [0.29, 0.717) is 19.2 Å². The van der Waals surface area contributed by atoms with Crippen LogP contribution in [0.25, 0.3) is 10.2 Å². The molecule has 0 saturated carbocycles. The van der Waals surface area contributed by atoms with Gasteiger partial charge in [-0.05, 0) is 29.6 Å². The molecule has 0 aliphatic carbocycles. The van der Waals surface area contributed by atoms with E-state index in [4.69, 9.17) is 15.2 Å². The van der Waals surface area contributed by atoms with Crippen LogP contribution in [0.5, 0.6) is 11.5 Å². The zero-order valence-corrected chi connectivity index (χ0v) is 12.5.